The summed E-state index contributed by atoms with van der Waals surface area (Å²) >= 11 is 0. The number of carboxylic acids is 1. The number of H-pyrrole nitrogens is 1. The molecule has 7 heteroatoms. The van der Waals surface area contributed by atoms with Gasteiger partial charge in [-0.25, -0.2) is 14.6 Å². The molecule has 3 atom stereocenters. The Bertz CT molecular complexity index is 460. The van der Waals surface area contributed by atoms with Crippen molar-refractivity contribution in [2.45, 2.75) is 44.7 Å². The number of rotatable bonds is 5. The summed E-state index contributed by atoms with van der Waals surface area (Å²) in [4.78, 5) is 29.7. The van der Waals surface area contributed by atoms with Crippen LogP contribution in [0.4, 0.5) is 4.79 Å². The number of amides is 2. The number of urea groups is 1. The second kappa shape index (κ2) is 6.40. The first-order chi connectivity index (χ1) is 9.56. The first-order valence-corrected chi connectivity index (χ1v) is 6.83. The molecule has 1 saturated carbocycles. The molecule has 1 heterocycles. The van der Waals surface area contributed by atoms with Gasteiger partial charge in [0.15, 0.2) is 0 Å². The molecule has 0 radical (unpaired) electrons. The van der Waals surface area contributed by atoms with Crippen LogP contribution in [-0.4, -0.2) is 39.2 Å². The predicted molar refractivity (Wildman–Crippen MR) is 72.2 cm³/mol. The molecule has 1 fully saturated rings. The zero-order valence-electron chi connectivity index (χ0n) is 11.4. The Balaban J connectivity index is 1.87. The third-order valence-corrected chi connectivity index (χ3v) is 3.76. The van der Waals surface area contributed by atoms with Gasteiger partial charge in [-0.15, -0.1) is 0 Å². The molecule has 4 N–H and O–H groups in total. The van der Waals surface area contributed by atoms with Gasteiger partial charge in [0.2, 0.25) is 0 Å². The van der Waals surface area contributed by atoms with Crippen molar-refractivity contribution >= 4 is 12.0 Å². The van der Waals surface area contributed by atoms with Crippen molar-refractivity contribution in [3.63, 3.8) is 0 Å². The largest absolute Gasteiger partial charge is 0.480 e. The van der Waals surface area contributed by atoms with Crippen molar-refractivity contribution in [1.29, 1.82) is 0 Å². The first-order valence-electron chi connectivity index (χ1n) is 6.83. The Hall–Kier alpha value is -2.05. The SMILES string of the molecule is CC1CCCC1NC(=O)NC(Cc1cnc[nH]1)C(=O)O. The number of nitrogens with zero attached hydrogens (tertiary/aromatic N) is 1. The van der Waals surface area contributed by atoms with Crippen LogP contribution in [0.25, 0.3) is 0 Å². The maximum atomic E-state index is 11.9. The molecule has 0 saturated heterocycles. The minimum absolute atomic E-state index is 0.136. The van der Waals surface area contributed by atoms with Crippen LogP contribution in [-0.2, 0) is 11.2 Å². The third-order valence-electron chi connectivity index (χ3n) is 3.76. The van der Waals surface area contributed by atoms with Crippen LogP contribution in [0.3, 0.4) is 0 Å². The number of carboxylic acid groups (broad SMARTS) is 1. The maximum absolute atomic E-state index is 11.9. The molecule has 1 aliphatic carbocycles. The van der Waals surface area contributed by atoms with Gasteiger partial charge in [0.25, 0.3) is 0 Å². The van der Waals surface area contributed by atoms with Crippen molar-refractivity contribution < 1.29 is 14.7 Å². The van der Waals surface area contributed by atoms with E-state index in [1.807, 2.05) is 0 Å². The molecule has 0 spiro atoms. The summed E-state index contributed by atoms with van der Waals surface area (Å²) in [5.74, 6) is -0.620. The van der Waals surface area contributed by atoms with E-state index in [9.17, 15) is 9.59 Å². The Morgan fingerprint density at radius 2 is 2.35 bits per heavy atom. The summed E-state index contributed by atoms with van der Waals surface area (Å²) in [7, 11) is 0. The van der Waals surface area contributed by atoms with Crippen molar-refractivity contribution in [1.82, 2.24) is 20.6 Å². The molecular formula is C13H20N4O3. The van der Waals surface area contributed by atoms with Gasteiger partial charge in [-0.1, -0.05) is 13.3 Å². The number of nitrogens with one attached hydrogen (secondary N) is 3. The number of hydrogen-bond donors (Lipinski definition) is 4. The summed E-state index contributed by atoms with van der Waals surface area (Å²) in [6, 6.07) is -1.25. The van der Waals surface area contributed by atoms with E-state index in [0.29, 0.717) is 11.6 Å². The Morgan fingerprint density at radius 3 is 2.90 bits per heavy atom. The molecule has 3 unspecified atom stereocenters. The molecule has 0 bridgehead atoms. The molecule has 1 aliphatic rings. The van der Waals surface area contributed by atoms with Crippen LogP contribution in [0, 0.1) is 5.92 Å². The summed E-state index contributed by atoms with van der Waals surface area (Å²) in [6.07, 6.45) is 6.36. The monoisotopic (exact) mass is 280 g/mol. The smallest absolute Gasteiger partial charge is 0.326 e. The Labute approximate surface area is 117 Å². The molecule has 20 heavy (non-hydrogen) atoms. The molecule has 0 aliphatic heterocycles. The highest BCUT2D eigenvalue weighted by Crippen LogP contribution is 2.24. The van der Waals surface area contributed by atoms with E-state index in [1.165, 1.54) is 6.33 Å². The topological polar surface area (TPSA) is 107 Å². The van der Waals surface area contributed by atoms with E-state index < -0.39 is 18.0 Å². The van der Waals surface area contributed by atoms with Gasteiger partial charge in [-0.2, -0.15) is 0 Å². The van der Waals surface area contributed by atoms with E-state index in [4.69, 9.17) is 5.11 Å². The van der Waals surface area contributed by atoms with Gasteiger partial charge in [-0.05, 0) is 18.8 Å². The quantitative estimate of drug-likeness (QED) is 0.642. The van der Waals surface area contributed by atoms with Gasteiger partial charge in [0.05, 0.1) is 6.33 Å². The van der Waals surface area contributed by atoms with Crippen LogP contribution in [0.1, 0.15) is 31.9 Å². The number of carbonyl (C=O) groups is 2. The lowest BCUT2D eigenvalue weighted by atomic mass is 10.1. The van der Waals surface area contributed by atoms with E-state index in [-0.39, 0.29) is 12.5 Å². The highest BCUT2D eigenvalue weighted by Gasteiger charge is 2.27. The fourth-order valence-electron chi connectivity index (χ4n) is 2.54. The fraction of sp³-hybridized carbons (Fsp3) is 0.615. The normalized spacial score (nSPS) is 23.2. The summed E-state index contributed by atoms with van der Waals surface area (Å²) in [6.45, 7) is 2.09. The molecule has 1 aromatic heterocycles. The van der Waals surface area contributed by atoms with Crippen LogP contribution >= 0.6 is 0 Å². The summed E-state index contributed by atoms with van der Waals surface area (Å²) in [5.41, 5.74) is 0.673. The zero-order chi connectivity index (χ0) is 14.5. The number of imidazole rings is 1. The molecule has 2 amide bonds. The lowest BCUT2D eigenvalue weighted by molar-refractivity contribution is -0.139. The minimum Gasteiger partial charge on any atom is -0.480 e. The second-order valence-corrected chi connectivity index (χ2v) is 5.30. The highest BCUT2D eigenvalue weighted by molar-refractivity contribution is 5.82. The van der Waals surface area contributed by atoms with Crippen LogP contribution in [0.2, 0.25) is 0 Å². The number of aromatic nitrogens is 2. The molecule has 1 aromatic rings. The van der Waals surface area contributed by atoms with Gasteiger partial charge in [-0.3, -0.25) is 0 Å². The fourth-order valence-corrected chi connectivity index (χ4v) is 2.54. The van der Waals surface area contributed by atoms with Crippen LogP contribution in [0.5, 0.6) is 0 Å². The lowest BCUT2D eigenvalue weighted by Crippen LogP contribution is -2.50. The van der Waals surface area contributed by atoms with E-state index in [2.05, 4.69) is 27.5 Å². The second-order valence-electron chi connectivity index (χ2n) is 5.30. The minimum atomic E-state index is -1.06. The van der Waals surface area contributed by atoms with Crippen LogP contribution < -0.4 is 10.6 Å². The average molecular weight is 280 g/mol. The first kappa shape index (κ1) is 14.4. The van der Waals surface area contributed by atoms with Gasteiger partial charge in [0, 0.05) is 24.4 Å². The van der Waals surface area contributed by atoms with E-state index in [0.717, 1.165) is 19.3 Å². The van der Waals surface area contributed by atoms with Gasteiger partial charge < -0.3 is 20.7 Å². The average Bonchev–Trinajstić information content (AvgIpc) is 3.01. The zero-order valence-corrected chi connectivity index (χ0v) is 11.4. The lowest BCUT2D eigenvalue weighted by Gasteiger charge is -2.20. The number of hydrogen-bond acceptors (Lipinski definition) is 3. The van der Waals surface area contributed by atoms with Crippen molar-refractivity contribution in [3.8, 4) is 0 Å². The van der Waals surface area contributed by atoms with E-state index >= 15 is 0 Å². The summed E-state index contributed by atoms with van der Waals surface area (Å²) in [5, 5.41) is 14.5. The number of carbonyl (C=O) groups excluding carboxylic acids is 1. The van der Waals surface area contributed by atoms with Crippen molar-refractivity contribution in [3.05, 3.63) is 18.2 Å². The van der Waals surface area contributed by atoms with Crippen LogP contribution in [0.15, 0.2) is 12.5 Å². The highest BCUT2D eigenvalue weighted by atomic mass is 16.4. The molecule has 2 rings (SSSR count). The number of aromatic amines is 1. The third kappa shape index (κ3) is 3.72. The Morgan fingerprint density at radius 1 is 1.55 bits per heavy atom. The molecule has 0 aromatic carbocycles. The Kier molecular flexibility index (Phi) is 4.60. The van der Waals surface area contributed by atoms with Crippen molar-refractivity contribution in [2.75, 3.05) is 0 Å². The van der Waals surface area contributed by atoms with Crippen molar-refractivity contribution in [2.24, 2.45) is 5.92 Å². The van der Waals surface area contributed by atoms with Gasteiger partial charge in [0.1, 0.15) is 6.04 Å². The summed E-state index contributed by atoms with van der Waals surface area (Å²) < 4.78 is 0. The molecule has 110 valence electrons. The maximum Gasteiger partial charge on any atom is 0.326 e. The van der Waals surface area contributed by atoms with E-state index in [1.54, 1.807) is 6.20 Å². The molecular weight excluding hydrogens is 260 g/mol. The number of aliphatic carboxylic acids is 1. The predicted octanol–water partition coefficient (Wildman–Crippen LogP) is 0.893. The van der Waals surface area contributed by atoms with Gasteiger partial charge >= 0.3 is 12.0 Å². The molecule has 7 nitrogen and oxygen atoms in total. The standard InChI is InChI=1S/C13H20N4O3/c1-8-3-2-4-10(8)16-13(20)17-11(12(18)19)5-9-6-14-7-15-9/h6-8,10-11H,2-5H2,1H3,(H,14,15)(H,18,19)(H2,16,17,20).